The average molecular weight is 222 g/mol. The molecule has 92 valence electrons. The summed E-state index contributed by atoms with van der Waals surface area (Å²) in [4.78, 5) is 6.50. The summed E-state index contributed by atoms with van der Waals surface area (Å²) in [6.45, 7) is 14.7. The lowest BCUT2D eigenvalue weighted by atomic mass is 10.2. The van der Waals surface area contributed by atoms with Crippen LogP contribution in [0.15, 0.2) is 28.9 Å². The summed E-state index contributed by atoms with van der Waals surface area (Å²) < 4.78 is 0. The van der Waals surface area contributed by atoms with E-state index in [1.165, 1.54) is 11.3 Å². The van der Waals surface area contributed by atoms with Crippen LogP contribution in [-0.4, -0.2) is 30.7 Å². The molecule has 0 spiro atoms. The van der Waals surface area contributed by atoms with Crippen LogP contribution in [0.1, 0.15) is 40.5 Å². The Kier molecular flexibility index (Phi) is 7.61. The van der Waals surface area contributed by atoms with Crippen LogP contribution in [0.3, 0.4) is 0 Å². The van der Waals surface area contributed by atoms with E-state index in [-0.39, 0.29) is 0 Å². The van der Waals surface area contributed by atoms with Crippen LogP contribution in [-0.2, 0) is 0 Å². The van der Waals surface area contributed by atoms with Gasteiger partial charge < -0.3 is 4.90 Å². The Morgan fingerprint density at radius 1 is 1.31 bits per heavy atom. The van der Waals surface area contributed by atoms with Gasteiger partial charge in [-0.15, -0.1) is 0 Å². The first kappa shape index (κ1) is 14.9. The zero-order valence-corrected chi connectivity index (χ0v) is 11.5. The number of aliphatic imine (C=N–C) groups is 1. The van der Waals surface area contributed by atoms with Gasteiger partial charge in [-0.3, -0.25) is 4.99 Å². The first-order chi connectivity index (χ1) is 7.54. The highest BCUT2D eigenvalue weighted by molar-refractivity contribution is 5.93. The molecule has 0 amide bonds. The molecule has 0 atom stereocenters. The average Bonchev–Trinajstić information content (AvgIpc) is 2.27. The maximum absolute atomic E-state index is 4.15. The van der Waals surface area contributed by atoms with E-state index in [9.17, 15) is 0 Å². The number of nitrogens with zero attached hydrogens (tertiary/aromatic N) is 2. The van der Waals surface area contributed by atoms with Gasteiger partial charge in [-0.25, -0.2) is 0 Å². The molecular formula is C14H26N2. The lowest BCUT2D eigenvalue weighted by molar-refractivity contribution is 0.363. The van der Waals surface area contributed by atoms with Gasteiger partial charge in [0.15, 0.2) is 0 Å². The Morgan fingerprint density at radius 3 is 2.38 bits per heavy atom. The van der Waals surface area contributed by atoms with Crippen molar-refractivity contribution in [2.24, 2.45) is 4.99 Å². The van der Waals surface area contributed by atoms with Crippen LogP contribution >= 0.6 is 0 Å². The lowest BCUT2D eigenvalue weighted by Crippen LogP contribution is -2.25. The minimum absolute atomic E-state index is 0.966. The molecule has 0 unspecified atom stereocenters. The molecule has 0 rings (SSSR count). The van der Waals surface area contributed by atoms with Crippen LogP contribution in [0.5, 0.6) is 0 Å². The predicted molar refractivity (Wildman–Crippen MR) is 74.1 cm³/mol. The maximum Gasteiger partial charge on any atom is 0.0386 e. The van der Waals surface area contributed by atoms with E-state index in [2.05, 4.69) is 43.3 Å². The fourth-order valence-electron chi connectivity index (χ4n) is 1.61. The van der Waals surface area contributed by atoms with Crippen molar-refractivity contribution >= 4 is 5.71 Å². The second kappa shape index (κ2) is 8.14. The van der Waals surface area contributed by atoms with Crippen molar-refractivity contribution < 1.29 is 0 Å². The largest absolute Gasteiger partial charge is 0.371 e. The third-order valence-corrected chi connectivity index (χ3v) is 2.60. The Balaban J connectivity index is 4.50. The van der Waals surface area contributed by atoms with Crippen molar-refractivity contribution in [1.29, 1.82) is 0 Å². The first-order valence-electron chi connectivity index (χ1n) is 6.08. The molecule has 0 aliphatic rings. The lowest BCUT2D eigenvalue weighted by Gasteiger charge is -2.26. The second-order valence-electron chi connectivity index (χ2n) is 4.20. The summed E-state index contributed by atoms with van der Waals surface area (Å²) in [5, 5.41) is 0. The minimum atomic E-state index is 0.966. The second-order valence-corrected chi connectivity index (χ2v) is 4.20. The molecule has 0 radical (unpaired) electrons. The van der Waals surface area contributed by atoms with Gasteiger partial charge in [0.1, 0.15) is 0 Å². The minimum Gasteiger partial charge on any atom is -0.371 e. The molecule has 0 fully saturated rings. The van der Waals surface area contributed by atoms with Gasteiger partial charge in [0.2, 0.25) is 0 Å². The van der Waals surface area contributed by atoms with Gasteiger partial charge in [-0.1, -0.05) is 26.0 Å². The Bertz CT molecular complexity index is 274. The highest BCUT2D eigenvalue weighted by Gasteiger charge is 2.05. The number of rotatable bonds is 7. The van der Waals surface area contributed by atoms with E-state index in [1.807, 2.05) is 14.0 Å². The highest BCUT2D eigenvalue weighted by Crippen LogP contribution is 2.10. The third-order valence-electron chi connectivity index (χ3n) is 2.60. The predicted octanol–water partition coefficient (Wildman–Crippen LogP) is 3.66. The molecule has 0 aromatic rings. The molecule has 0 saturated carbocycles. The Morgan fingerprint density at radius 2 is 1.94 bits per heavy atom. The molecule has 0 N–H and O–H groups in total. The van der Waals surface area contributed by atoms with Gasteiger partial charge in [0.25, 0.3) is 0 Å². The fourth-order valence-corrected chi connectivity index (χ4v) is 1.61. The zero-order valence-electron chi connectivity index (χ0n) is 11.5. The van der Waals surface area contributed by atoms with E-state index in [0.29, 0.717) is 0 Å². The van der Waals surface area contributed by atoms with Crippen LogP contribution in [0.4, 0.5) is 0 Å². The fraction of sp³-hybridized carbons (Fsp3) is 0.643. The van der Waals surface area contributed by atoms with Crippen LogP contribution in [0.2, 0.25) is 0 Å². The molecule has 0 heterocycles. The molecular weight excluding hydrogens is 196 g/mol. The van der Waals surface area contributed by atoms with Gasteiger partial charge in [-0.2, -0.15) is 0 Å². The summed E-state index contributed by atoms with van der Waals surface area (Å²) in [6, 6.07) is 0. The maximum atomic E-state index is 4.15. The standard InChI is InChI=1S/C14H26N2/c1-7-9-16(14(5)8-2)11-12(3)10-13(4)15-6/h10H,5,7-9,11H2,1-4,6H3/b12-10+,15-13?. The molecule has 0 aromatic carbocycles. The van der Waals surface area contributed by atoms with Crippen molar-refractivity contribution in [3.05, 3.63) is 23.9 Å². The van der Waals surface area contributed by atoms with Gasteiger partial charge in [-0.05, 0) is 32.8 Å². The van der Waals surface area contributed by atoms with E-state index in [0.717, 1.165) is 31.6 Å². The van der Waals surface area contributed by atoms with E-state index < -0.39 is 0 Å². The topological polar surface area (TPSA) is 15.6 Å². The van der Waals surface area contributed by atoms with Crippen molar-refractivity contribution in [1.82, 2.24) is 4.90 Å². The number of hydrogen-bond acceptors (Lipinski definition) is 2. The quantitative estimate of drug-likeness (QED) is 0.600. The molecule has 2 nitrogen and oxygen atoms in total. The molecule has 0 aliphatic carbocycles. The molecule has 0 bridgehead atoms. The Labute approximate surface area is 101 Å². The Hall–Kier alpha value is -1.05. The van der Waals surface area contributed by atoms with Gasteiger partial charge in [0, 0.05) is 31.5 Å². The molecule has 0 aromatic heterocycles. The van der Waals surface area contributed by atoms with Crippen molar-refractivity contribution in [2.45, 2.75) is 40.5 Å². The normalized spacial score (nSPS) is 12.8. The SMILES string of the molecule is C=C(CC)N(CCC)C/C(C)=C/C(C)=NC. The van der Waals surface area contributed by atoms with Crippen LogP contribution in [0, 0.1) is 0 Å². The summed E-state index contributed by atoms with van der Waals surface area (Å²) in [6.07, 6.45) is 4.33. The molecule has 2 heteroatoms. The zero-order chi connectivity index (χ0) is 12.6. The van der Waals surface area contributed by atoms with Crippen molar-refractivity contribution in [2.75, 3.05) is 20.1 Å². The van der Waals surface area contributed by atoms with E-state index >= 15 is 0 Å². The molecule has 16 heavy (non-hydrogen) atoms. The smallest absolute Gasteiger partial charge is 0.0386 e. The highest BCUT2D eigenvalue weighted by atomic mass is 15.1. The summed E-state index contributed by atoms with van der Waals surface area (Å²) in [5.41, 5.74) is 3.64. The van der Waals surface area contributed by atoms with Crippen LogP contribution in [0.25, 0.3) is 0 Å². The molecule has 0 saturated heterocycles. The third kappa shape index (κ3) is 5.74. The number of allylic oxidation sites excluding steroid dienone is 2. The van der Waals surface area contributed by atoms with Crippen molar-refractivity contribution in [3.63, 3.8) is 0 Å². The first-order valence-corrected chi connectivity index (χ1v) is 6.08. The van der Waals surface area contributed by atoms with E-state index in [4.69, 9.17) is 0 Å². The van der Waals surface area contributed by atoms with Gasteiger partial charge >= 0.3 is 0 Å². The summed E-state index contributed by atoms with van der Waals surface area (Å²) in [7, 11) is 1.83. The number of hydrogen-bond donors (Lipinski definition) is 0. The van der Waals surface area contributed by atoms with Crippen LogP contribution < -0.4 is 0 Å². The summed E-state index contributed by atoms with van der Waals surface area (Å²) in [5.74, 6) is 0. The van der Waals surface area contributed by atoms with Crippen molar-refractivity contribution in [3.8, 4) is 0 Å². The van der Waals surface area contributed by atoms with E-state index in [1.54, 1.807) is 0 Å². The summed E-state index contributed by atoms with van der Waals surface area (Å²) >= 11 is 0. The molecule has 0 aliphatic heterocycles. The monoisotopic (exact) mass is 222 g/mol. The van der Waals surface area contributed by atoms with Gasteiger partial charge in [0.05, 0.1) is 0 Å².